The molecule has 124 valence electrons. The Hall–Kier alpha value is -3.61. The minimum Gasteiger partial charge on any atom is -0.504 e. The number of phenols is 1. The van der Waals surface area contributed by atoms with Crippen LogP contribution in [0.15, 0.2) is 48.7 Å². The molecule has 0 amide bonds. The lowest BCUT2D eigenvalue weighted by atomic mass is 10.1. The molecule has 0 fully saturated rings. The summed E-state index contributed by atoms with van der Waals surface area (Å²) in [6, 6.07) is 12.7. The molecule has 0 unspecified atom stereocenters. The number of nitrogens with two attached hydrogens (primary N) is 1. The van der Waals surface area contributed by atoms with Gasteiger partial charge in [0, 0.05) is 5.56 Å². The van der Waals surface area contributed by atoms with Gasteiger partial charge in [-0.1, -0.05) is 12.1 Å². The first-order valence-electron chi connectivity index (χ1n) is 7.60. The number of aromatic hydroxyl groups is 1. The first kappa shape index (κ1) is 14.9. The van der Waals surface area contributed by atoms with Gasteiger partial charge in [0.15, 0.2) is 23.1 Å². The third-order valence-corrected chi connectivity index (χ3v) is 3.89. The van der Waals surface area contributed by atoms with Crippen molar-refractivity contribution in [2.45, 2.75) is 0 Å². The van der Waals surface area contributed by atoms with Crippen molar-refractivity contribution in [1.29, 1.82) is 0 Å². The van der Waals surface area contributed by atoms with E-state index < -0.39 is 0 Å². The number of nitrogens with one attached hydrogen (secondary N) is 1. The first-order chi connectivity index (χ1) is 12.2. The summed E-state index contributed by atoms with van der Waals surface area (Å²) in [5.74, 6) is 1.26. The molecule has 0 radical (unpaired) electrons. The van der Waals surface area contributed by atoms with Crippen molar-refractivity contribution in [3.63, 3.8) is 0 Å². The SMILES string of the molecule is COc1cc(-c2cnc(N)c(-c3nc4ccccc4[nH]3)n2)ccc1O. The lowest BCUT2D eigenvalue weighted by Crippen LogP contribution is -2.00. The number of imidazole rings is 1. The number of para-hydroxylation sites is 2. The second-order valence-electron chi connectivity index (χ2n) is 5.48. The summed E-state index contributed by atoms with van der Waals surface area (Å²) < 4.78 is 5.14. The van der Waals surface area contributed by atoms with Crippen molar-refractivity contribution >= 4 is 16.9 Å². The molecule has 0 atom stereocenters. The maximum absolute atomic E-state index is 9.74. The van der Waals surface area contributed by atoms with Crippen LogP contribution in [-0.2, 0) is 0 Å². The summed E-state index contributed by atoms with van der Waals surface area (Å²) in [6.45, 7) is 0. The zero-order chi connectivity index (χ0) is 17.4. The largest absolute Gasteiger partial charge is 0.504 e. The van der Waals surface area contributed by atoms with Crippen molar-refractivity contribution in [3.05, 3.63) is 48.7 Å². The fourth-order valence-electron chi connectivity index (χ4n) is 2.61. The van der Waals surface area contributed by atoms with Gasteiger partial charge in [0.2, 0.25) is 0 Å². The molecule has 2 aromatic heterocycles. The van der Waals surface area contributed by atoms with Crippen LogP contribution in [0.2, 0.25) is 0 Å². The van der Waals surface area contributed by atoms with E-state index in [0.29, 0.717) is 23.0 Å². The fraction of sp³-hybridized carbons (Fsp3) is 0.0556. The predicted molar refractivity (Wildman–Crippen MR) is 95.2 cm³/mol. The maximum Gasteiger partial charge on any atom is 0.161 e. The topological polar surface area (TPSA) is 110 Å². The number of nitrogens with zero attached hydrogens (tertiary/aromatic N) is 3. The molecule has 0 saturated carbocycles. The molecule has 7 nitrogen and oxygen atoms in total. The molecule has 25 heavy (non-hydrogen) atoms. The highest BCUT2D eigenvalue weighted by molar-refractivity contribution is 5.81. The van der Waals surface area contributed by atoms with E-state index in [9.17, 15) is 5.11 Å². The smallest absolute Gasteiger partial charge is 0.161 e. The summed E-state index contributed by atoms with van der Waals surface area (Å²) in [6.07, 6.45) is 1.58. The van der Waals surface area contributed by atoms with Crippen LogP contribution in [0.4, 0.5) is 5.82 Å². The van der Waals surface area contributed by atoms with Gasteiger partial charge in [-0.05, 0) is 30.3 Å². The number of phenolic OH excluding ortho intramolecular Hbond substituents is 1. The normalized spacial score (nSPS) is 10.9. The van der Waals surface area contributed by atoms with Gasteiger partial charge < -0.3 is 20.6 Å². The maximum atomic E-state index is 9.74. The van der Waals surface area contributed by atoms with E-state index in [1.54, 1.807) is 24.4 Å². The molecule has 4 aromatic rings. The van der Waals surface area contributed by atoms with Crippen molar-refractivity contribution in [1.82, 2.24) is 19.9 Å². The third kappa shape index (κ3) is 2.61. The highest BCUT2D eigenvalue weighted by atomic mass is 16.5. The number of benzene rings is 2. The quantitative estimate of drug-likeness (QED) is 0.531. The number of H-pyrrole nitrogens is 1. The number of nitrogen functional groups attached to an aromatic ring is 1. The monoisotopic (exact) mass is 333 g/mol. The molecule has 0 bridgehead atoms. The Kier molecular flexibility index (Phi) is 3.46. The van der Waals surface area contributed by atoms with Crippen LogP contribution in [0.3, 0.4) is 0 Å². The number of hydrogen-bond donors (Lipinski definition) is 3. The van der Waals surface area contributed by atoms with Crippen molar-refractivity contribution < 1.29 is 9.84 Å². The molecule has 0 aliphatic rings. The van der Waals surface area contributed by atoms with Gasteiger partial charge in [0.05, 0.1) is 30.0 Å². The van der Waals surface area contributed by atoms with Gasteiger partial charge in [-0.3, -0.25) is 0 Å². The van der Waals surface area contributed by atoms with Crippen molar-refractivity contribution in [3.8, 4) is 34.3 Å². The minimum atomic E-state index is 0.0622. The van der Waals surface area contributed by atoms with Crippen LogP contribution in [0.5, 0.6) is 11.5 Å². The first-order valence-corrected chi connectivity index (χ1v) is 7.60. The molecular formula is C18H15N5O2. The molecule has 0 spiro atoms. The molecular weight excluding hydrogens is 318 g/mol. The zero-order valence-corrected chi connectivity index (χ0v) is 13.4. The Morgan fingerprint density at radius 2 is 1.96 bits per heavy atom. The second kappa shape index (κ2) is 5.79. The molecule has 2 heterocycles. The molecule has 7 heteroatoms. The number of aromatic amines is 1. The molecule has 0 aliphatic carbocycles. The number of ether oxygens (including phenoxy) is 1. The van der Waals surface area contributed by atoms with E-state index in [0.717, 1.165) is 16.6 Å². The molecule has 4 rings (SSSR count). The van der Waals surface area contributed by atoms with Gasteiger partial charge >= 0.3 is 0 Å². The van der Waals surface area contributed by atoms with E-state index in [1.165, 1.54) is 7.11 Å². The second-order valence-corrected chi connectivity index (χ2v) is 5.48. The van der Waals surface area contributed by atoms with Gasteiger partial charge in [0.1, 0.15) is 5.69 Å². The van der Waals surface area contributed by atoms with Crippen LogP contribution < -0.4 is 10.5 Å². The van der Waals surface area contributed by atoms with Crippen molar-refractivity contribution in [2.75, 3.05) is 12.8 Å². The van der Waals surface area contributed by atoms with E-state index in [4.69, 9.17) is 10.5 Å². The van der Waals surface area contributed by atoms with Gasteiger partial charge in [0.25, 0.3) is 0 Å². The Morgan fingerprint density at radius 1 is 1.12 bits per heavy atom. The molecule has 0 saturated heterocycles. The van der Waals surface area contributed by atoms with Crippen LogP contribution in [0.1, 0.15) is 0 Å². The summed E-state index contributed by atoms with van der Waals surface area (Å²) in [5, 5.41) is 9.74. The Labute approximate surface area is 143 Å². The van der Waals surface area contributed by atoms with Crippen LogP contribution in [0.25, 0.3) is 33.8 Å². The summed E-state index contributed by atoms with van der Waals surface area (Å²) >= 11 is 0. The lowest BCUT2D eigenvalue weighted by Gasteiger charge is -2.08. The minimum absolute atomic E-state index is 0.0622. The van der Waals surface area contributed by atoms with E-state index >= 15 is 0 Å². The summed E-state index contributed by atoms with van der Waals surface area (Å²) in [7, 11) is 1.49. The Bertz CT molecular complexity index is 1040. The number of methoxy groups -OCH3 is 1. The molecule has 2 aromatic carbocycles. The van der Waals surface area contributed by atoms with Gasteiger partial charge in [-0.2, -0.15) is 0 Å². The Balaban J connectivity index is 1.83. The number of anilines is 1. The number of aromatic nitrogens is 4. The Morgan fingerprint density at radius 3 is 2.76 bits per heavy atom. The average molecular weight is 333 g/mol. The zero-order valence-electron chi connectivity index (χ0n) is 13.4. The van der Waals surface area contributed by atoms with Crippen molar-refractivity contribution in [2.24, 2.45) is 0 Å². The lowest BCUT2D eigenvalue weighted by molar-refractivity contribution is 0.373. The third-order valence-electron chi connectivity index (χ3n) is 3.89. The average Bonchev–Trinajstić information content (AvgIpc) is 3.06. The number of fused-ring (bicyclic) bond motifs is 1. The van der Waals surface area contributed by atoms with Gasteiger partial charge in [-0.15, -0.1) is 0 Å². The van der Waals surface area contributed by atoms with E-state index in [1.807, 2.05) is 24.3 Å². The van der Waals surface area contributed by atoms with E-state index in [-0.39, 0.29) is 11.6 Å². The fourth-order valence-corrected chi connectivity index (χ4v) is 2.61. The summed E-state index contributed by atoms with van der Waals surface area (Å²) in [4.78, 5) is 16.6. The van der Waals surface area contributed by atoms with E-state index in [2.05, 4.69) is 19.9 Å². The summed E-state index contributed by atoms with van der Waals surface area (Å²) in [5.41, 5.74) is 9.55. The highest BCUT2D eigenvalue weighted by Gasteiger charge is 2.14. The molecule has 0 aliphatic heterocycles. The van der Waals surface area contributed by atoms with Crippen LogP contribution in [-0.4, -0.2) is 32.2 Å². The number of hydrogen-bond acceptors (Lipinski definition) is 6. The standard InChI is InChI=1S/C18H15N5O2/c1-25-15-8-10(6-7-14(15)24)13-9-20-17(19)16(21-13)18-22-11-4-2-3-5-12(11)23-18/h2-9,24H,1H3,(H2,19,20)(H,22,23). The highest BCUT2D eigenvalue weighted by Crippen LogP contribution is 2.32. The van der Waals surface area contributed by atoms with Crippen LogP contribution in [0, 0.1) is 0 Å². The van der Waals surface area contributed by atoms with Crippen LogP contribution >= 0.6 is 0 Å². The number of rotatable bonds is 3. The molecule has 4 N–H and O–H groups in total. The predicted octanol–water partition coefficient (Wildman–Crippen LogP) is 2.98. The van der Waals surface area contributed by atoms with Gasteiger partial charge in [-0.25, -0.2) is 15.0 Å².